The van der Waals surface area contributed by atoms with Crippen molar-refractivity contribution in [1.82, 2.24) is 0 Å². The third kappa shape index (κ3) is 4.45. The second kappa shape index (κ2) is 5.96. The van der Waals surface area contributed by atoms with Gasteiger partial charge in [-0.05, 0) is 24.3 Å². The average Bonchev–Trinajstić information content (AvgIpc) is 1.93. The summed E-state index contributed by atoms with van der Waals surface area (Å²) in [7, 11) is 0. The van der Waals surface area contributed by atoms with Crippen molar-refractivity contribution in [2.75, 3.05) is 0 Å². The van der Waals surface area contributed by atoms with Gasteiger partial charge >= 0.3 is 29.6 Å². The van der Waals surface area contributed by atoms with Crippen molar-refractivity contribution in [3.05, 3.63) is 29.3 Å². The van der Waals surface area contributed by atoms with Gasteiger partial charge in [-0.25, -0.2) is 4.21 Å². The molecule has 0 saturated carbocycles. The Morgan fingerprint density at radius 3 is 2.25 bits per heavy atom. The van der Waals surface area contributed by atoms with E-state index in [4.69, 9.17) is 11.6 Å². The van der Waals surface area contributed by atoms with Crippen LogP contribution in [0.5, 0.6) is 5.75 Å². The molecule has 0 heterocycles. The third-order valence-corrected chi connectivity index (χ3v) is 1.56. The Morgan fingerprint density at radius 1 is 1.33 bits per heavy atom. The first kappa shape index (κ1) is 12.4. The quantitative estimate of drug-likeness (QED) is 0.446. The molecular formula is C6H4ClNaO3S. The summed E-state index contributed by atoms with van der Waals surface area (Å²) in [6.45, 7) is 0. The van der Waals surface area contributed by atoms with Gasteiger partial charge in [0, 0.05) is 5.02 Å². The second-order valence-electron chi connectivity index (χ2n) is 1.74. The maximum atomic E-state index is 10.00. The van der Waals surface area contributed by atoms with Crippen LogP contribution in [-0.2, 0) is 11.4 Å². The van der Waals surface area contributed by atoms with E-state index in [1.54, 1.807) is 12.1 Å². The molecule has 12 heavy (non-hydrogen) atoms. The van der Waals surface area contributed by atoms with Gasteiger partial charge in [0.05, 0.1) is 0 Å². The van der Waals surface area contributed by atoms with Crippen LogP contribution in [0, 0.1) is 0 Å². The van der Waals surface area contributed by atoms with Crippen molar-refractivity contribution in [1.29, 1.82) is 0 Å². The van der Waals surface area contributed by atoms with Crippen molar-refractivity contribution < 1.29 is 42.5 Å². The van der Waals surface area contributed by atoms with Crippen LogP contribution < -0.4 is 33.7 Å². The Kier molecular flexibility index (Phi) is 6.17. The van der Waals surface area contributed by atoms with Crippen LogP contribution in [0.2, 0.25) is 5.02 Å². The molecule has 1 aromatic carbocycles. The Hall–Kier alpha value is 0.420. The van der Waals surface area contributed by atoms with Crippen LogP contribution in [0.4, 0.5) is 0 Å². The van der Waals surface area contributed by atoms with Crippen LogP contribution in [0.3, 0.4) is 0 Å². The number of hydrogen-bond acceptors (Lipinski definition) is 3. The molecule has 0 bridgehead atoms. The first-order valence-electron chi connectivity index (χ1n) is 2.71. The smallest absolute Gasteiger partial charge is 0.740 e. The van der Waals surface area contributed by atoms with Crippen LogP contribution in [0.1, 0.15) is 0 Å². The van der Waals surface area contributed by atoms with E-state index >= 15 is 0 Å². The summed E-state index contributed by atoms with van der Waals surface area (Å²) in [6, 6.07) is 6.03. The predicted molar refractivity (Wildman–Crippen MR) is 41.0 cm³/mol. The van der Waals surface area contributed by atoms with Crippen molar-refractivity contribution in [2.24, 2.45) is 0 Å². The molecule has 0 aliphatic rings. The molecule has 0 spiro atoms. The summed E-state index contributed by atoms with van der Waals surface area (Å²) < 4.78 is 24.3. The van der Waals surface area contributed by atoms with Crippen LogP contribution >= 0.6 is 11.6 Å². The second-order valence-corrected chi connectivity index (χ2v) is 2.75. The van der Waals surface area contributed by atoms with E-state index < -0.39 is 11.4 Å². The molecule has 0 radical (unpaired) electrons. The van der Waals surface area contributed by atoms with Gasteiger partial charge in [0.1, 0.15) is 17.1 Å². The monoisotopic (exact) mass is 214 g/mol. The van der Waals surface area contributed by atoms with E-state index in [9.17, 15) is 8.76 Å². The maximum Gasteiger partial charge on any atom is 1.00 e. The fourth-order valence-corrected chi connectivity index (χ4v) is 0.963. The Balaban J connectivity index is 0.00000121. The zero-order valence-electron chi connectivity index (χ0n) is 6.32. The van der Waals surface area contributed by atoms with Gasteiger partial charge in [0.2, 0.25) is 0 Å². The van der Waals surface area contributed by atoms with Gasteiger partial charge in [-0.1, -0.05) is 11.6 Å². The minimum absolute atomic E-state index is 0. The summed E-state index contributed by atoms with van der Waals surface area (Å²) in [5, 5.41) is 0.536. The van der Waals surface area contributed by atoms with E-state index in [1.165, 1.54) is 12.1 Å². The molecule has 1 aromatic rings. The zero-order chi connectivity index (χ0) is 8.27. The molecular weight excluding hydrogens is 211 g/mol. The molecule has 6 heteroatoms. The molecule has 1 rings (SSSR count). The number of rotatable bonds is 2. The van der Waals surface area contributed by atoms with Gasteiger partial charge < -0.3 is 8.74 Å². The van der Waals surface area contributed by atoms with Gasteiger partial charge in [-0.2, -0.15) is 0 Å². The van der Waals surface area contributed by atoms with E-state index in [2.05, 4.69) is 4.18 Å². The number of hydrogen-bond donors (Lipinski definition) is 0. The Bertz CT molecular complexity index is 264. The molecule has 0 aromatic heterocycles. The largest absolute Gasteiger partial charge is 1.00 e. The van der Waals surface area contributed by atoms with E-state index in [0.29, 0.717) is 5.02 Å². The normalized spacial score (nSPS) is 11.5. The molecule has 0 saturated heterocycles. The topological polar surface area (TPSA) is 49.4 Å². The summed E-state index contributed by atoms with van der Waals surface area (Å²) in [6.07, 6.45) is 0. The van der Waals surface area contributed by atoms with E-state index in [1.807, 2.05) is 0 Å². The SMILES string of the molecule is O=S([O-])Oc1ccc(Cl)cc1.[Na+]. The molecule has 0 amide bonds. The number of benzene rings is 1. The molecule has 1 unspecified atom stereocenters. The maximum absolute atomic E-state index is 10.00. The first-order valence-corrected chi connectivity index (χ1v) is 4.09. The molecule has 0 N–H and O–H groups in total. The van der Waals surface area contributed by atoms with Crippen molar-refractivity contribution in [3.63, 3.8) is 0 Å². The van der Waals surface area contributed by atoms with Crippen LogP contribution in [0.15, 0.2) is 24.3 Å². The number of halogens is 1. The summed E-state index contributed by atoms with van der Waals surface area (Å²) >= 11 is 3.02. The fourth-order valence-electron chi connectivity index (χ4n) is 0.569. The third-order valence-electron chi connectivity index (χ3n) is 0.978. The molecule has 3 nitrogen and oxygen atoms in total. The average molecular weight is 215 g/mol. The Labute approximate surface area is 99.8 Å². The minimum Gasteiger partial charge on any atom is -0.740 e. The predicted octanol–water partition coefficient (Wildman–Crippen LogP) is -1.48. The summed E-state index contributed by atoms with van der Waals surface area (Å²) in [4.78, 5) is 0. The van der Waals surface area contributed by atoms with Crippen LogP contribution in [-0.4, -0.2) is 8.76 Å². The van der Waals surface area contributed by atoms with Crippen molar-refractivity contribution in [2.45, 2.75) is 0 Å². The molecule has 0 aliphatic heterocycles. The van der Waals surface area contributed by atoms with Gasteiger partial charge in [-0.3, -0.25) is 0 Å². The molecule has 60 valence electrons. The van der Waals surface area contributed by atoms with Crippen molar-refractivity contribution in [3.8, 4) is 5.75 Å². The summed E-state index contributed by atoms with van der Waals surface area (Å²) in [5.41, 5.74) is 0. The Morgan fingerprint density at radius 2 is 1.83 bits per heavy atom. The van der Waals surface area contributed by atoms with E-state index in [0.717, 1.165) is 0 Å². The molecule has 0 fully saturated rings. The molecule has 0 aliphatic carbocycles. The zero-order valence-corrected chi connectivity index (χ0v) is 9.89. The van der Waals surface area contributed by atoms with Gasteiger partial charge in [0.15, 0.2) is 0 Å². The minimum atomic E-state index is -2.52. The van der Waals surface area contributed by atoms with Gasteiger partial charge in [0.25, 0.3) is 0 Å². The van der Waals surface area contributed by atoms with Crippen molar-refractivity contribution >= 4 is 23.0 Å². The first-order chi connectivity index (χ1) is 5.18. The summed E-state index contributed by atoms with van der Waals surface area (Å²) in [5.74, 6) is 0.253. The fraction of sp³-hybridized carbons (Fsp3) is 0. The van der Waals surface area contributed by atoms with Crippen LogP contribution in [0.25, 0.3) is 0 Å². The van der Waals surface area contributed by atoms with E-state index in [-0.39, 0.29) is 35.3 Å². The molecule has 1 atom stereocenters. The standard InChI is InChI=1S/C6H5ClO3S.Na/c7-5-1-3-6(4-2-5)10-11(8)9;/h1-4H,(H,8,9);/q;+1/p-1. The van der Waals surface area contributed by atoms with Gasteiger partial charge in [-0.15, -0.1) is 0 Å².